The molecule has 2 aromatic rings. The molecule has 1 N–H and O–H groups in total. The Kier molecular flexibility index (Phi) is 3.20. The zero-order valence-electron chi connectivity index (χ0n) is 11.8. The van der Waals surface area contributed by atoms with Gasteiger partial charge >= 0.3 is 0 Å². The highest BCUT2D eigenvalue weighted by Gasteiger charge is 2.42. The van der Waals surface area contributed by atoms with Crippen LogP contribution in [-0.2, 0) is 16.1 Å². The summed E-state index contributed by atoms with van der Waals surface area (Å²) in [4.78, 5) is 12.0. The lowest BCUT2D eigenvalue weighted by Crippen LogP contribution is -2.40. The molecule has 0 radical (unpaired) electrons. The number of amides is 1. The van der Waals surface area contributed by atoms with Gasteiger partial charge in [-0.3, -0.25) is 4.79 Å². The first-order valence-corrected chi connectivity index (χ1v) is 7.19. The number of ether oxygens (including phenoxy) is 3. The van der Waals surface area contributed by atoms with Gasteiger partial charge in [0.2, 0.25) is 6.10 Å². The Morgan fingerprint density at radius 3 is 2.77 bits per heavy atom. The molecule has 2 heterocycles. The van der Waals surface area contributed by atoms with Crippen molar-refractivity contribution in [2.75, 3.05) is 11.9 Å². The molecular formula is C17H15NO4. The fourth-order valence-electron chi connectivity index (χ4n) is 2.41. The van der Waals surface area contributed by atoms with Crippen LogP contribution in [0.4, 0.5) is 5.69 Å². The molecule has 0 spiro atoms. The number of hydrogen-bond acceptors (Lipinski definition) is 4. The Hall–Kier alpha value is -2.53. The topological polar surface area (TPSA) is 60.1 Å². The molecule has 5 nitrogen and oxygen atoms in total. The van der Waals surface area contributed by atoms with Crippen LogP contribution >= 0.6 is 0 Å². The van der Waals surface area contributed by atoms with E-state index in [1.165, 1.54) is 0 Å². The quantitative estimate of drug-likeness (QED) is 0.880. The summed E-state index contributed by atoms with van der Waals surface area (Å²) in [7, 11) is 0. The van der Waals surface area contributed by atoms with E-state index in [1.54, 1.807) is 6.07 Å². The summed E-state index contributed by atoms with van der Waals surface area (Å²) in [5.41, 5.74) is 1.72. The molecule has 2 atom stereocenters. The van der Waals surface area contributed by atoms with Crippen molar-refractivity contribution >= 4 is 11.6 Å². The van der Waals surface area contributed by atoms with Gasteiger partial charge in [-0.1, -0.05) is 30.3 Å². The fourth-order valence-corrected chi connectivity index (χ4v) is 2.41. The second-order valence-electron chi connectivity index (χ2n) is 5.33. The van der Waals surface area contributed by atoms with E-state index in [9.17, 15) is 4.79 Å². The third kappa shape index (κ3) is 2.63. The van der Waals surface area contributed by atoms with Gasteiger partial charge < -0.3 is 19.5 Å². The Labute approximate surface area is 127 Å². The highest BCUT2D eigenvalue weighted by atomic mass is 16.6. The fraction of sp³-hybridized carbons (Fsp3) is 0.235. The molecule has 22 heavy (non-hydrogen) atoms. The minimum Gasteiger partial charge on any atom is -0.489 e. The van der Waals surface area contributed by atoms with Crippen molar-refractivity contribution in [1.29, 1.82) is 0 Å². The van der Waals surface area contributed by atoms with Crippen LogP contribution in [0.3, 0.4) is 0 Å². The minimum atomic E-state index is -0.552. The van der Waals surface area contributed by atoms with Gasteiger partial charge in [0, 0.05) is 6.07 Å². The standard InChI is InChI=1S/C17H15NO4/c19-17-16(15-10-21-15)22-14-7-6-12(8-13(14)18-17)20-9-11-4-2-1-3-5-11/h1-8,15-16H,9-10H2,(H,18,19). The lowest BCUT2D eigenvalue weighted by Gasteiger charge is -2.25. The average molecular weight is 297 g/mol. The Morgan fingerprint density at radius 2 is 2.00 bits per heavy atom. The van der Waals surface area contributed by atoms with Gasteiger partial charge in [0.05, 0.1) is 12.3 Å². The van der Waals surface area contributed by atoms with Crippen molar-refractivity contribution in [2.24, 2.45) is 0 Å². The first kappa shape index (κ1) is 13.2. The molecule has 2 unspecified atom stereocenters. The Balaban J connectivity index is 1.47. The van der Waals surface area contributed by atoms with Crippen molar-refractivity contribution in [1.82, 2.24) is 0 Å². The number of hydrogen-bond donors (Lipinski definition) is 1. The van der Waals surface area contributed by atoms with Gasteiger partial charge in [-0.05, 0) is 17.7 Å². The summed E-state index contributed by atoms with van der Waals surface area (Å²) in [6, 6.07) is 15.3. The number of carbonyl (C=O) groups excluding carboxylic acids is 1. The van der Waals surface area contributed by atoms with E-state index in [4.69, 9.17) is 14.2 Å². The van der Waals surface area contributed by atoms with Gasteiger partial charge in [0.25, 0.3) is 5.91 Å². The molecule has 2 aliphatic heterocycles. The SMILES string of the molecule is O=C1Nc2cc(OCc3ccccc3)ccc2OC1C1CO1. The second-order valence-corrected chi connectivity index (χ2v) is 5.33. The molecular weight excluding hydrogens is 282 g/mol. The van der Waals surface area contributed by atoms with Crippen LogP contribution in [0.1, 0.15) is 5.56 Å². The van der Waals surface area contributed by atoms with Gasteiger partial charge in [-0.2, -0.15) is 0 Å². The van der Waals surface area contributed by atoms with E-state index in [0.717, 1.165) is 5.56 Å². The summed E-state index contributed by atoms with van der Waals surface area (Å²) in [5.74, 6) is 1.16. The maximum atomic E-state index is 12.0. The lowest BCUT2D eigenvalue weighted by atomic mass is 10.1. The summed E-state index contributed by atoms with van der Waals surface area (Å²) in [6.45, 7) is 1.05. The third-order valence-electron chi connectivity index (χ3n) is 3.67. The van der Waals surface area contributed by atoms with E-state index in [0.29, 0.717) is 30.4 Å². The molecule has 0 bridgehead atoms. The Morgan fingerprint density at radius 1 is 1.18 bits per heavy atom. The number of fused-ring (bicyclic) bond motifs is 1. The van der Waals surface area contributed by atoms with Crippen LogP contribution < -0.4 is 14.8 Å². The van der Waals surface area contributed by atoms with E-state index in [2.05, 4.69) is 5.32 Å². The smallest absolute Gasteiger partial charge is 0.268 e. The normalized spacial score (nSPS) is 22.3. The number of epoxide rings is 1. The molecule has 0 aliphatic carbocycles. The van der Waals surface area contributed by atoms with Crippen LogP contribution in [0.15, 0.2) is 48.5 Å². The van der Waals surface area contributed by atoms with Gasteiger partial charge in [-0.25, -0.2) is 0 Å². The number of nitrogens with one attached hydrogen (secondary N) is 1. The van der Waals surface area contributed by atoms with E-state index in [1.807, 2.05) is 42.5 Å². The van der Waals surface area contributed by atoms with Crippen LogP contribution in [-0.4, -0.2) is 24.7 Å². The summed E-state index contributed by atoms with van der Waals surface area (Å²) >= 11 is 0. The van der Waals surface area contributed by atoms with Gasteiger partial charge in [-0.15, -0.1) is 0 Å². The molecule has 1 amide bonds. The van der Waals surface area contributed by atoms with Crippen molar-refractivity contribution in [2.45, 2.75) is 18.8 Å². The largest absolute Gasteiger partial charge is 0.489 e. The first-order valence-electron chi connectivity index (χ1n) is 7.19. The summed E-state index contributed by atoms with van der Waals surface area (Å²) < 4.78 is 16.6. The monoisotopic (exact) mass is 297 g/mol. The predicted molar refractivity (Wildman–Crippen MR) is 80.0 cm³/mol. The first-order chi connectivity index (χ1) is 10.8. The summed E-state index contributed by atoms with van der Waals surface area (Å²) in [6.07, 6.45) is -0.675. The molecule has 5 heteroatoms. The molecule has 1 fully saturated rings. The van der Waals surface area contributed by atoms with Crippen LogP contribution in [0.2, 0.25) is 0 Å². The summed E-state index contributed by atoms with van der Waals surface area (Å²) in [5, 5.41) is 2.85. The van der Waals surface area contributed by atoms with Gasteiger partial charge in [0.15, 0.2) is 0 Å². The predicted octanol–water partition coefficient (Wildman–Crippen LogP) is 2.36. The maximum absolute atomic E-state index is 12.0. The second kappa shape index (κ2) is 5.35. The van der Waals surface area contributed by atoms with Crippen LogP contribution in [0, 0.1) is 0 Å². The maximum Gasteiger partial charge on any atom is 0.268 e. The highest BCUT2D eigenvalue weighted by molar-refractivity contribution is 5.98. The number of rotatable bonds is 4. The molecule has 4 rings (SSSR count). The van der Waals surface area contributed by atoms with Crippen molar-refractivity contribution in [3.8, 4) is 11.5 Å². The molecule has 0 aromatic heterocycles. The molecule has 0 saturated carbocycles. The van der Waals surface area contributed by atoms with E-state index in [-0.39, 0.29) is 12.0 Å². The van der Waals surface area contributed by atoms with Crippen molar-refractivity contribution < 1.29 is 19.0 Å². The molecule has 1 saturated heterocycles. The highest BCUT2D eigenvalue weighted by Crippen LogP contribution is 2.35. The van der Waals surface area contributed by atoms with Crippen molar-refractivity contribution in [3.05, 3.63) is 54.1 Å². The third-order valence-corrected chi connectivity index (χ3v) is 3.67. The zero-order valence-corrected chi connectivity index (χ0v) is 11.8. The van der Waals surface area contributed by atoms with Gasteiger partial charge in [0.1, 0.15) is 24.2 Å². The Bertz CT molecular complexity index is 697. The molecule has 112 valence electrons. The molecule has 2 aliphatic rings. The van der Waals surface area contributed by atoms with Crippen molar-refractivity contribution in [3.63, 3.8) is 0 Å². The van der Waals surface area contributed by atoms with Crippen LogP contribution in [0.25, 0.3) is 0 Å². The minimum absolute atomic E-state index is 0.123. The van der Waals surface area contributed by atoms with E-state index < -0.39 is 6.10 Å². The lowest BCUT2D eigenvalue weighted by molar-refractivity contribution is -0.124. The zero-order chi connectivity index (χ0) is 14.9. The van der Waals surface area contributed by atoms with E-state index >= 15 is 0 Å². The number of carbonyl (C=O) groups is 1. The van der Waals surface area contributed by atoms with Crippen LogP contribution in [0.5, 0.6) is 11.5 Å². The average Bonchev–Trinajstić information content (AvgIpc) is 3.38. The number of benzene rings is 2. The molecule has 2 aromatic carbocycles. The number of anilines is 1.